The van der Waals surface area contributed by atoms with E-state index < -0.39 is 47.3 Å². The van der Waals surface area contributed by atoms with Crippen molar-refractivity contribution in [2.45, 2.75) is 97.1 Å². The van der Waals surface area contributed by atoms with Crippen LogP contribution in [0.3, 0.4) is 0 Å². The van der Waals surface area contributed by atoms with E-state index in [2.05, 4.69) is 20.8 Å². The Morgan fingerprint density at radius 3 is 2.22 bits per heavy atom. The summed E-state index contributed by atoms with van der Waals surface area (Å²) in [5.41, 5.74) is 19.9. The van der Waals surface area contributed by atoms with Gasteiger partial charge in [-0.15, -0.1) is 5.10 Å². The summed E-state index contributed by atoms with van der Waals surface area (Å²) in [6.45, 7) is 6.48. The fourth-order valence-electron chi connectivity index (χ4n) is 7.54. The molecule has 326 valence electrons. The van der Waals surface area contributed by atoms with Crippen molar-refractivity contribution in [2.24, 2.45) is 50.4 Å². The van der Waals surface area contributed by atoms with E-state index in [1.807, 2.05) is 13.0 Å². The molecule has 7 N–H and O–H groups in total. The van der Waals surface area contributed by atoms with Crippen molar-refractivity contribution in [2.75, 3.05) is 46.4 Å². The molecule has 16 nitrogen and oxygen atoms in total. The molecule has 2 amide bonds. The van der Waals surface area contributed by atoms with Crippen molar-refractivity contribution in [3.63, 3.8) is 0 Å². The van der Waals surface area contributed by atoms with Crippen LogP contribution in [0.25, 0.3) is 11.1 Å². The molecule has 0 saturated heterocycles. The summed E-state index contributed by atoms with van der Waals surface area (Å²) in [6.07, 6.45) is 3.26. The number of nitrogens with two attached hydrogens (primary N) is 3. The number of amides is 2. The molecule has 0 fully saturated rings. The van der Waals surface area contributed by atoms with E-state index in [0.717, 1.165) is 6.42 Å². The number of rotatable bonds is 22. The van der Waals surface area contributed by atoms with Gasteiger partial charge in [0.05, 0.1) is 6.04 Å². The van der Waals surface area contributed by atoms with Gasteiger partial charge < -0.3 is 36.9 Å². The zero-order chi connectivity index (χ0) is 43.8. The van der Waals surface area contributed by atoms with Crippen LogP contribution >= 0.6 is 0 Å². The van der Waals surface area contributed by atoms with Crippen molar-refractivity contribution in [1.29, 1.82) is 0 Å². The molecule has 2 aromatic carbocycles. The number of nitrogens with zero attached hydrogens (tertiary/aromatic N) is 4. The van der Waals surface area contributed by atoms with Gasteiger partial charge in [-0.2, -0.15) is 5.11 Å². The Hall–Kier alpha value is -5.19. The Morgan fingerprint density at radius 2 is 1.58 bits per heavy atom. The van der Waals surface area contributed by atoms with Gasteiger partial charge in [0, 0.05) is 74.7 Å². The lowest BCUT2D eigenvalue weighted by molar-refractivity contribution is -0.144. The Labute approximate surface area is 352 Å². The maximum atomic E-state index is 14.7. The highest BCUT2D eigenvalue weighted by Crippen LogP contribution is 2.41. The maximum Gasteiger partial charge on any atom is 0.226 e. The van der Waals surface area contributed by atoms with E-state index in [1.54, 1.807) is 51.2 Å². The summed E-state index contributed by atoms with van der Waals surface area (Å²) in [7, 11) is 1.55. The van der Waals surface area contributed by atoms with Gasteiger partial charge in [-0.1, -0.05) is 45.7 Å². The zero-order valence-electron chi connectivity index (χ0n) is 35.5. The number of carbonyl (C=O) groups is 6. The van der Waals surface area contributed by atoms with Crippen molar-refractivity contribution < 1.29 is 38.2 Å². The van der Waals surface area contributed by atoms with E-state index >= 15 is 0 Å². The number of ether oxygens (including phenoxy) is 2. The molecule has 5 atom stereocenters. The molecule has 16 heteroatoms. The van der Waals surface area contributed by atoms with Crippen LogP contribution in [-0.4, -0.2) is 98.0 Å². The fraction of sp³-hybridized carbons (Fsp3) is 0.568. The smallest absolute Gasteiger partial charge is 0.226 e. The number of benzene rings is 2. The summed E-state index contributed by atoms with van der Waals surface area (Å²) in [6, 6.07) is 8.33. The van der Waals surface area contributed by atoms with Crippen molar-refractivity contribution in [3.05, 3.63) is 47.5 Å². The van der Waals surface area contributed by atoms with Crippen LogP contribution in [0.2, 0.25) is 0 Å². The van der Waals surface area contributed by atoms with Crippen molar-refractivity contribution in [3.8, 4) is 22.6 Å². The molecule has 0 saturated carbocycles. The monoisotopic (exact) mass is 830 g/mol. The van der Waals surface area contributed by atoms with E-state index in [9.17, 15) is 28.8 Å². The highest BCUT2D eigenvalue weighted by atomic mass is 16.5. The van der Waals surface area contributed by atoms with Gasteiger partial charge in [0.25, 0.3) is 0 Å². The van der Waals surface area contributed by atoms with Crippen LogP contribution in [0, 0.1) is 17.8 Å². The third-order valence-corrected chi connectivity index (χ3v) is 10.9. The number of Topliss-reactive ketones (excluding diaryl/α,β-unsaturated/α-hetero) is 4. The number of fused-ring (bicyclic) bond motifs is 5. The summed E-state index contributed by atoms with van der Waals surface area (Å²) in [5.74, 6) is -3.58. The highest BCUT2D eigenvalue weighted by molar-refractivity contribution is 6.41. The van der Waals surface area contributed by atoms with Gasteiger partial charge in [0.2, 0.25) is 11.8 Å². The quantitative estimate of drug-likeness (QED) is 0.123. The first-order chi connectivity index (χ1) is 28.8. The van der Waals surface area contributed by atoms with Gasteiger partial charge in [-0.25, -0.2) is 0 Å². The predicted molar refractivity (Wildman–Crippen MR) is 227 cm³/mol. The first-order valence-electron chi connectivity index (χ1n) is 21.1. The minimum absolute atomic E-state index is 0.0197. The molecule has 0 spiro atoms. The normalized spacial score (nSPS) is 18.8. The topological polar surface area (TPSA) is 251 Å². The Bertz CT molecular complexity index is 1920. The number of unbranched alkanes of at least 4 members (excludes halogenated alkanes) is 2. The van der Waals surface area contributed by atoms with Gasteiger partial charge in [0.1, 0.15) is 48.8 Å². The van der Waals surface area contributed by atoms with Gasteiger partial charge >= 0.3 is 0 Å². The van der Waals surface area contributed by atoms with Crippen LogP contribution in [-0.2, 0) is 35.2 Å². The van der Waals surface area contributed by atoms with Crippen molar-refractivity contribution in [1.82, 2.24) is 10.2 Å². The van der Waals surface area contributed by atoms with E-state index in [4.69, 9.17) is 26.7 Å². The summed E-state index contributed by atoms with van der Waals surface area (Å²) in [5, 5.41) is 13.9. The maximum absolute atomic E-state index is 14.7. The number of hydrogen-bond donors (Lipinski definition) is 4. The Morgan fingerprint density at radius 1 is 0.900 bits per heavy atom. The van der Waals surface area contributed by atoms with Gasteiger partial charge in [-0.3, -0.25) is 28.8 Å². The average Bonchev–Trinajstić information content (AvgIpc) is 3.78. The van der Waals surface area contributed by atoms with Crippen LogP contribution in [0.5, 0.6) is 11.5 Å². The van der Waals surface area contributed by atoms with Gasteiger partial charge in [-0.05, 0) is 72.8 Å². The van der Waals surface area contributed by atoms with E-state index in [0.29, 0.717) is 72.4 Å². The Balaban J connectivity index is 1.85. The average molecular weight is 831 g/mol. The minimum atomic E-state index is -1.17. The van der Waals surface area contributed by atoms with Crippen LogP contribution in [0.4, 0.5) is 0 Å². The Kier molecular flexibility index (Phi) is 18.6. The number of hydrogen-bond acceptors (Lipinski definition) is 14. The summed E-state index contributed by atoms with van der Waals surface area (Å²) < 4.78 is 12.3. The largest absolute Gasteiger partial charge is 0.492 e. The highest BCUT2D eigenvalue weighted by Gasteiger charge is 2.36. The first kappa shape index (κ1) is 47.5. The zero-order valence-corrected chi connectivity index (χ0v) is 35.5. The number of nitrogens with one attached hydrogen (secondary N) is 1. The third-order valence-electron chi connectivity index (χ3n) is 10.9. The lowest BCUT2D eigenvalue weighted by Crippen LogP contribution is -2.46. The second kappa shape index (κ2) is 23.6. The molecule has 2 aliphatic heterocycles. The van der Waals surface area contributed by atoms with Gasteiger partial charge in [0.15, 0.2) is 17.3 Å². The molecular weight excluding hydrogens is 769 g/mol. The minimum Gasteiger partial charge on any atom is -0.492 e. The molecule has 60 heavy (non-hydrogen) atoms. The predicted octanol–water partition coefficient (Wildman–Crippen LogP) is 4.05. The second-order valence-electron chi connectivity index (χ2n) is 15.7. The molecule has 0 unspecified atom stereocenters. The van der Waals surface area contributed by atoms with E-state index in [-0.39, 0.29) is 81.7 Å². The molecule has 2 aliphatic rings. The SMILES string of the molecule is CCCCC(=O)C[C@@H](CCCCN)C(=O)N(C)[C@@H]1C(=O)C[C@@H](C)C(=O)N[C@H](C(=O)C[C@@H](C)C(=O)C2=NN=NC2)Cc2ccc(OCCN)c(c2)-c2cc1ccc2OCCN. The number of carbonyl (C=O) groups excluding carboxylic acids is 6. The van der Waals surface area contributed by atoms with E-state index in [1.165, 1.54) is 4.90 Å². The lowest BCUT2D eigenvalue weighted by atomic mass is 9.87. The van der Waals surface area contributed by atoms with Crippen molar-refractivity contribution >= 4 is 40.7 Å². The number of ketones is 4. The molecule has 2 heterocycles. The summed E-state index contributed by atoms with van der Waals surface area (Å²) >= 11 is 0. The molecule has 4 bridgehead atoms. The molecular formula is C44H62N8O8. The third kappa shape index (κ3) is 12.9. The molecule has 0 aliphatic carbocycles. The standard InChI is InChI=1S/C44H62N8O8/c1-5-6-10-32(53)24-31(9-7-8-15-45)44(58)52(4)41-30-12-14-40(60-19-17-47)34(25-30)33-22-29(11-13-39(33)59-18-16-46)23-35(49-43(57)28(3)21-38(41)55)37(54)20-27(2)42(56)36-26-48-51-50-36/h11-14,22,25,27-28,31,35,41H,5-10,15-21,23-24,26,45-47H2,1-4H3,(H,49,57)/t27-,28-,31-,35+,41+/m1/s1. The lowest BCUT2D eigenvalue weighted by Gasteiger charge is -2.32. The molecule has 0 radical (unpaired) electrons. The van der Waals surface area contributed by atoms with Crippen LogP contribution < -0.4 is 32.0 Å². The summed E-state index contributed by atoms with van der Waals surface area (Å²) in [4.78, 5) is 84.7. The number of likely N-dealkylation sites (N-methyl/N-ethyl adjacent to an activating group) is 1. The fourth-order valence-corrected chi connectivity index (χ4v) is 7.54. The second-order valence-corrected chi connectivity index (χ2v) is 15.7. The van der Waals surface area contributed by atoms with Crippen LogP contribution in [0.1, 0.15) is 95.7 Å². The molecule has 0 aromatic heterocycles. The van der Waals surface area contributed by atoms with Crippen LogP contribution in [0.15, 0.2) is 51.8 Å². The molecule has 2 aromatic rings. The first-order valence-corrected chi connectivity index (χ1v) is 21.1. The molecule has 4 rings (SSSR count).